The van der Waals surface area contributed by atoms with Gasteiger partial charge in [0.15, 0.2) is 0 Å². The Labute approximate surface area is 127 Å². The van der Waals surface area contributed by atoms with Crippen LogP contribution in [0.1, 0.15) is 44.2 Å². The van der Waals surface area contributed by atoms with Gasteiger partial charge in [-0.3, -0.25) is 9.69 Å². The largest absolute Gasteiger partial charge is 0.480 e. The Morgan fingerprint density at radius 1 is 1.24 bits per heavy atom. The second kappa shape index (κ2) is 6.94. The van der Waals surface area contributed by atoms with E-state index in [1.165, 1.54) is 18.4 Å². The smallest absolute Gasteiger partial charge is 0.317 e. The summed E-state index contributed by atoms with van der Waals surface area (Å²) >= 11 is 0. The van der Waals surface area contributed by atoms with E-state index in [0.29, 0.717) is 6.04 Å². The fraction of sp³-hybridized carbons (Fsp3) is 0.588. The van der Waals surface area contributed by atoms with Gasteiger partial charge < -0.3 is 10.0 Å². The highest BCUT2D eigenvalue weighted by Crippen LogP contribution is 2.31. The zero-order valence-corrected chi connectivity index (χ0v) is 13.2. The van der Waals surface area contributed by atoms with E-state index in [4.69, 9.17) is 0 Å². The van der Waals surface area contributed by atoms with E-state index < -0.39 is 5.97 Å². The van der Waals surface area contributed by atoms with E-state index in [9.17, 15) is 9.90 Å². The first-order valence-corrected chi connectivity index (χ1v) is 7.74. The van der Waals surface area contributed by atoms with Crippen LogP contribution in [0.4, 0.5) is 5.69 Å². The predicted molar refractivity (Wildman–Crippen MR) is 85.8 cm³/mol. The number of nitrogens with zero attached hydrogens (tertiary/aromatic N) is 2. The third-order valence-corrected chi connectivity index (χ3v) is 4.50. The van der Waals surface area contributed by atoms with Crippen molar-refractivity contribution in [3.8, 4) is 0 Å². The van der Waals surface area contributed by atoms with Gasteiger partial charge in [-0.05, 0) is 37.5 Å². The molecule has 0 saturated heterocycles. The molecule has 116 valence electrons. The number of aliphatic carboxylic acids is 1. The van der Waals surface area contributed by atoms with E-state index >= 15 is 0 Å². The van der Waals surface area contributed by atoms with Crippen molar-refractivity contribution in [3.63, 3.8) is 0 Å². The molecule has 1 N–H and O–H groups in total. The summed E-state index contributed by atoms with van der Waals surface area (Å²) in [6.45, 7) is 2.24. The molecule has 1 aromatic carbocycles. The molecule has 1 aromatic rings. The van der Waals surface area contributed by atoms with Gasteiger partial charge in [0, 0.05) is 31.9 Å². The van der Waals surface area contributed by atoms with Gasteiger partial charge in [-0.25, -0.2) is 0 Å². The standard InChI is InChI=1S/C17H26N2O2/c1-13(14-8-10-15(11-9-14)18(2)3)19(12-17(20)21)16-6-4-5-7-16/h8-11,13,16H,4-7,12H2,1-3H3,(H,20,21). The van der Waals surface area contributed by atoms with Gasteiger partial charge >= 0.3 is 5.97 Å². The van der Waals surface area contributed by atoms with Crippen LogP contribution in [0.2, 0.25) is 0 Å². The van der Waals surface area contributed by atoms with Crippen LogP contribution < -0.4 is 4.90 Å². The lowest BCUT2D eigenvalue weighted by Gasteiger charge is -2.33. The maximum Gasteiger partial charge on any atom is 0.317 e. The predicted octanol–water partition coefficient (Wildman–Crippen LogP) is 3.14. The Balaban J connectivity index is 2.16. The molecular formula is C17H26N2O2. The van der Waals surface area contributed by atoms with Crippen molar-refractivity contribution in [2.24, 2.45) is 0 Å². The Bertz CT molecular complexity index is 464. The normalized spacial score (nSPS) is 17.1. The SMILES string of the molecule is CC(c1ccc(N(C)C)cc1)N(CC(=O)O)C1CCCC1. The summed E-state index contributed by atoms with van der Waals surface area (Å²) in [7, 11) is 4.04. The van der Waals surface area contributed by atoms with Gasteiger partial charge in [-0.2, -0.15) is 0 Å². The monoisotopic (exact) mass is 290 g/mol. The number of rotatable bonds is 6. The van der Waals surface area contributed by atoms with E-state index in [0.717, 1.165) is 18.5 Å². The molecular weight excluding hydrogens is 264 g/mol. The summed E-state index contributed by atoms with van der Waals surface area (Å²) in [6.07, 6.45) is 4.67. The minimum atomic E-state index is -0.737. The van der Waals surface area contributed by atoms with Crippen molar-refractivity contribution in [1.29, 1.82) is 0 Å². The van der Waals surface area contributed by atoms with Gasteiger partial charge in [0.1, 0.15) is 0 Å². The van der Waals surface area contributed by atoms with Crippen molar-refractivity contribution in [2.45, 2.75) is 44.7 Å². The molecule has 21 heavy (non-hydrogen) atoms. The second-order valence-electron chi connectivity index (χ2n) is 6.17. The van der Waals surface area contributed by atoms with Crippen molar-refractivity contribution in [1.82, 2.24) is 4.90 Å². The molecule has 1 fully saturated rings. The quantitative estimate of drug-likeness (QED) is 0.874. The zero-order valence-electron chi connectivity index (χ0n) is 13.2. The average molecular weight is 290 g/mol. The number of hydrogen-bond donors (Lipinski definition) is 1. The Hall–Kier alpha value is -1.55. The van der Waals surface area contributed by atoms with Gasteiger partial charge in [-0.15, -0.1) is 0 Å². The molecule has 0 bridgehead atoms. The van der Waals surface area contributed by atoms with Gasteiger partial charge in [0.05, 0.1) is 6.54 Å². The summed E-state index contributed by atoms with van der Waals surface area (Å²) in [4.78, 5) is 15.4. The molecule has 4 heteroatoms. The second-order valence-corrected chi connectivity index (χ2v) is 6.17. The van der Waals surface area contributed by atoms with Crippen LogP contribution in [0, 0.1) is 0 Å². The van der Waals surface area contributed by atoms with Crippen LogP contribution in [0.5, 0.6) is 0 Å². The molecule has 1 atom stereocenters. The van der Waals surface area contributed by atoms with Crippen molar-refractivity contribution < 1.29 is 9.90 Å². The van der Waals surface area contributed by atoms with E-state index in [1.54, 1.807) is 0 Å². The topological polar surface area (TPSA) is 43.8 Å². The molecule has 0 radical (unpaired) electrons. The average Bonchev–Trinajstić information content (AvgIpc) is 2.98. The maximum absolute atomic E-state index is 11.2. The Kier molecular flexibility index (Phi) is 5.23. The lowest BCUT2D eigenvalue weighted by molar-refractivity contribution is -0.139. The van der Waals surface area contributed by atoms with Crippen LogP contribution in [-0.2, 0) is 4.79 Å². The molecule has 1 saturated carbocycles. The third-order valence-electron chi connectivity index (χ3n) is 4.50. The molecule has 2 rings (SSSR count). The van der Waals surface area contributed by atoms with Gasteiger partial charge in [-0.1, -0.05) is 25.0 Å². The van der Waals surface area contributed by atoms with Crippen LogP contribution in [0.25, 0.3) is 0 Å². The third kappa shape index (κ3) is 3.97. The Morgan fingerprint density at radius 3 is 2.29 bits per heavy atom. The minimum Gasteiger partial charge on any atom is -0.480 e. The zero-order chi connectivity index (χ0) is 15.4. The molecule has 0 heterocycles. The lowest BCUT2D eigenvalue weighted by Crippen LogP contribution is -2.39. The van der Waals surface area contributed by atoms with E-state index in [-0.39, 0.29) is 12.6 Å². The fourth-order valence-electron chi connectivity index (χ4n) is 3.22. The number of anilines is 1. The van der Waals surface area contributed by atoms with Crippen molar-refractivity contribution in [2.75, 3.05) is 25.5 Å². The van der Waals surface area contributed by atoms with Gasteiger partial charge in [0.2, 0.25) is 0 Å². The number of benzene rings is 1. The lowest BCUT2D eigenvalue weighted by atomic mass is 10.0. The minimum absolute atomic E-state index is 0.126. The van der Waals surface area contributed by atoms with Crippen LogP contribution in [0.3, 0.4) is 0 Å². The Morgan fingerprint density at radius 2 is 1.81 bits per heavy atom. The number of carbonyl (C=O) groups is 1. The molecule has 0 aliphatic heterocycles. The molecule has 0 amide bonds. The van der Waals surface area contributed by atoms with Crippen molar-refractivity contribution >= 4 is 11.7 Å². The van der Waals surface area contributed by atoms with E-state index in [2.05, 4.69) is 41.0 Å². The summed E-state index contributed by atoms with van der Waals surface area (Å²) in [6, 6.07) is 8.97. The first kappa shape index (κ1) is 15.8. The summed E-state index contributed by atoms with van der Waals surface area (Å²) in [5.74, 6) is -0.737. The number of hydrogen-bond acceptors (Lipinski definition) is 3. The number of carboxylic acid groups (broad SMARTS) is 1. The van der Waals surface area contributed by atoms with Gasteiger partial charge in [0.25, 0.3) is 0 Å². The molecule has 1 aliphatic rings. The van der Waals surface area contributed by atoms with Crippen LogP contribution >= 0.6 is 0 Å². The first-order chi connectivity index (χ1) is 9.99. The highest BCUT2D eigenvalue weighted by molar-refractivity contribution is 5.69. The summed E-state index contributed by atoms with van der Waals surface area (Å²) in [5.41, 5.74) is 2.35. The fourth-order valence-corrected chi connectivity index (χ4v) is 3.22. The molecule has 0 spiro atoms. The summed E-state index contributed by atoms with van der Waals surface area (Å²) < 4.78 is 0. The van der Waals surface area contributed by atoms with Crippen LogP contribution in [-0.4, -0.2) is 42.7 Å². The molecule has 1 aliphatic carbocycles. The number of carboxylic acids is 1. The highest BCUT2D eigenvalue weighted by atomic mass is 16.4. The van der Waals surface area contributed by atoms with Crippen molar-refractivity contribution in [3.05, 3.63) is 29.8 Å². The first-order valence-electron chi connectivity index (χ1n) is 7.74. The highest BCUT2D eigenvalue weighted by Gasteiger charge is 2.28. The molecule has 1 unspecified atom stereocenters. The maximum atomic E-state index is 11.2. The molecule has 4 nitrogen and oxygen atoms in total. The van der Waals surface area contributed by atoms with Crippen LogP contribution in [0.15, 0.2) is 24.3 Å². The summed E-state index contributed by atoms with van der Waals surface area (Å²) in [5, 5.41) is 9.21. The van der Waals surface area contributed by atoms with E-state index in [1.807, 2.05) is 14.1 Å². The molecule has 0 aromatic heterocycles.